The van der Waals surface area contributed by atoms with Gasteiger partial charge in [-0.3, -0.25) is 14.5 Å². The van der Waals surface area contributed by atoms with Crippen LogP contribution in [0.5, 0.6) is 0 Å². The molecule has 1 heterocycles. The second-order valence-electron chi connectivity index (χ2n) is 4.55. The summed E-state index contributed by atoms with van der Waals surface area (Å²) < 4.78 is 37.9. The topological polar surface area (TPSA) is 69.6 Å². The molecule has 0 saturated carbocycles. The van der Waals surface area contributed by atoms with Crippen LogP contribution in [0.1, 0.15) is 19.3 Å². The summed E-state index contributed by atoms with van der Waals surface area (Å²) >= 11 is 0. The number of amides is 1. The molecule has 19 heavy (non-hydrogen) atoms. The molecule has 2 unspecified atom stereocenters. The van der Waals surface area contributed by atoms with E-state index in [1.165, 1.54) is 11.9 Å². The zero-order valence-corrected chi connectivity index (χ0v) is 10.5. The molecular weight excluding hydrogens is 265 g/mol. The maximum atomic E-state index is 12.6. The smallest absolute Gasteiger partial charge is 0.403 e. The monoisotopic (exact) mass is 282 g/mol. The number of nitrogens with zero attached hydrogens (tertiary/aromatic N) is 1. The highest BCUT2D eigenvalue weighted by atomic mass is 19.4. The molecule has 110 valence electrons. The number of likely N-dealkylation sites (tertiary alicyclic amines) is 1. The maximum absolute atomic E-state index is 12.6. The van der Waals surface area contributed by atoms with Crippen molar-refractivity contribution in [2.24, 2.45) is 5.92 Å². The Kier molecular flexibility index (Phi) is 5.16. The third-order valence-electron chi connectivity index (χ3n) is 3.27. The van der Waals surface area contributed by atoms with Gasteiger partial charge in [-0.2, -0.15) is 13.2 Å². The molecule has 1 rings (SSSR count). The van der Waals surface area contributed by atoms with E-state index in [1.807, 2.05) is 0 Å². The predicted octanol–water partition coefficient (Wildman–Crippen LogP) is 0.850. The molecule has 0 aliphatic carbocycles. The molecule has 0 bridgehead atoms. The highest BCUT2D eigenvalue weighted by Gasteiger charge is 2.47. The number of rotatable bonds is 4. The number of carbonyl (C=O) groups excluding carboxylic acids is 1. The van der Waals surface area contributed by atoms with E-state index in [4.69, 9.17) is 5.11 Å². The fourth-order valence-electron chi connectivity index (χ4n) is 2.23. The first-order valence-corrected chi connectivity index (χ1v) is 6.02. The summed E-state index contributed by atoms with van der Waals surface area (Å²) in [5.41, 5.74) is 0. The summed E-state index contributed by atoms with van der Waals surface area (Å²) in [4.78, 5) is 23.6. The predicted molar refractivity (Wildman–Crippen MR) is 60.5 cm³/mol. The first kappa shape index (κ1) is 15.7. The molecule has 1 fully saturated rings. The van der Waals surface area contributed by atoms with Crippen molar-refractivity contribution in [1.29, 1.82) is 0 Å². The van der Waals surface area contributed by atoms with Gasteiger partial charge in [0.25, 0.3) is 0 Å². The fraction of sp³-hybridized carbons (Fsp3) is 0.818. The van der Waals surface area contributed by atoms with E-state index in [0.29, 0.717) is 19.4 Å². The fourth-order valence-corrected chi connectivity index (χ4v) is 2.23. The average Bonchev–Trinajstić information content (AvgIpc) is 2.33. The summed E-state index contributed by atoms with van der Waals surface area (Å²) in [5.74, 6) is -4.74. The van der Waals surface area contributed by atoms with Crippen LogP contribution >= 0.6 is 0 Å². The molecule has 2 atom stereocenters. The Morgan fingerprint density at radius 2 is 2.05 bits per heavy atom. The lowest BCUT2D eigenvalue weighted by Crippen LogP contribution is -2.52. The summed E-state index contributed by atoms with van der Waals surface area (Å²) in [7, 11) is 1.41. The van der Waals surface area contributed by atoms with Gasteiger partial charge in [0.2, 0.25) is 5.91 Å². The molecule has 5 nitrogen and oxygen atoms in total. The van der Waals surface area contributed by atoms with Crippen molar-refractivity contribution in [2.45, 2.75) is 31.5 Å². The molecule has 0 aromatic carbocycles. The lowest BCUT2D eigenvalue weighted by atomic mass is 9.99. The van der Waals surface area contributed by atoms with Crippen LogP contribution in [0, 0.1) is 5.92 Å². The van der Waals surface area contributed by atoms with Crippen LogP contribution in [-0.4, -0.2) is 54.2 Å². The number of carbonyl (C=O) groups is 2. The van der Waals surface area contributed by atoms with Crippen molar-refractivity contribution in [1.82, 2.24) is 10.2 Å². The molecule has 1 aliphatic heterocycles. The Morgan fingerprint density at radius 1 is 1.42 bits per heavy atom. The Labute approximate surface area is 108 Å². The largest absolute Gasteiger partial charge is 0.481 e. The van der Waals surface area contributed by atoms with Gasteiger partial charge in [0.1, 0.15) is 0 Å². The van der Waals surface area contributed by atoms with E-state index in [0.717, 1.165) is 6.42 Å². The van der Waals surface area contributed by atoms with E-state index < -0.39 is 30.7 Å². The van der Waals surface area contributed by atoms with Gasteiger partial charge < -0.3 is 10.4 Å². The highest BCUT2D eigenvalue weighted by Crippen LogP contribution is 2.29. The van der Waals surface area contributed by atoms with Crippen LogP contribution < -0.4 is 5.32 Å². The normalized spacial score (nSPS) is 22.8. The van der Waals surface area contributed by atoms with E-state index in [1.54, 1.807) is 0 Å². The van der Waals surface area contributed by atoms with Crippen molar-refractivity contribution < 1.29 is 27.9 Å². The molecule has 1 saturated heterocycles. The number of aliphatic carboxylic acids is 1. The van der Waals surface area contributed by atoms with Crippen LogP contribution in [-0.2, 0) is 9.59 Å². The average molecular weight is 282 g/mol. The molecular formula is C11H17F3N2O3. The number of carboxylic acids is 1. The maximum Gasteiger partial charge on any atom is 0.403 e. The van der Waals surface area contributed by atoms with Crippen LogP contribution in [0.3, 0.4) is 0 Å². The third-order valence-corrected chi connectivity index (χ3v) is 3.27. The minimum Gasteiger partial charge on any atom is -0.481 e. The molecule has 0 spiro atoms. The van der Waals surface area contributed by atoms with Crippen LogP contribution in [0.15, 0.2) is 0 Å². The van der Waals surface area contributed by atoms with Gasteiger partial charge in [0, 0.05) is 13.6 Å². The summed E-state index contributed by atoms with van der Waals surface area (Å²) in [5, 5.41) is 11.1. The number of halogens is 3. The number of hydrogen-bond donors (Lipinski definition) is 2. The van der Waals surface area contributed by atoms with Crippen LogP contribution in [0.25, 0.3) is 0 Å². The van der Waals surface area contributed by atoms with Crippen molar-refractivity contribution in [3.05, 3.63) is 0 Å². The zero-order chi connectivity index (χ0) is 14.6. The highest BCUT2D eigenvalue weighted by molar-refractivity contribution is 5.81. The number of likely N-dealkylation sites (N-methyl/N-ethyl adjacent to an activating group) is 1. The number of alkyl halides is 3. The second-order valence-corrected chi connectivity index (χ2v) is 4.55. The van der Waals surface area contributed by atoms with Gasteiger partial charge in [-0.05, 0) is 19.4 Å². The molecule has 8 heteroatoms. The Morgan fingerprint density at radius 3 is 2.53 bits per heavy atom. The SMILES string of the molecule is CNC(=O)C1CCCCN1CC(C(=O)O)C(F)(F)F. The Bertz CT molecular complexity index is 347. The van der Waals surface area contributed by atoms with E-state index in [9.17, 15) is 22.8 Å². The van der Waals surface area contributed by atoms with Crippen molar-refractivity contribution in [3.63, 3.8) is 0 Å². The zero-order valence-electron chi connectivity index (χ0n) is 10.5. The Hall–Kier alpha value is -1.31. The molecule has 0 aromatic rings. The third kappa shape index (κ3) is 4.09. The Balaban J connectivity index is 2.80. The first-order chi connectivity index (χ1) is 8.77. The van der Waals surface area contributed by atoms with E-state index in [2.05, 4.69) is 5.32 Å². The molecule has 0 radical (unpaired) electrons. The van der Waals surface area contributed by atoms with Crippen LogP contribution in [0.2, 0.25) is 0 Å². The standard InChI is InChI=1S/C11H17F3N2O3/c1-15-9(17)8-4-2-3-5-16(8)6-7(10(18)19)11(12,13)14/h7-8H,2-6H2,1H3,(H,15,17)(H,18,19). The van der Waals surface area contributed by atoms with Crippen molar-refractivity contribution >= 4 is 11.9 Å². The van der Waals surface area contributed by atoms with Gasteiger partial charge in [-0.1, -0.05) is 6.42 Å². The summed E-state index contributed by atoms with van der Waals surface area (Å²) in [6.07, 6.45) is -2.95. The molecule has 2 N–H and O–H groups in total. The number of piperidine rings is 1. The summed E-state index contributed by atoms with van der Waals surface area (Å²) in [6.45, 7) is -0.380. The van der Waals surface area contributed by atoms with Crippen molar-refractivity contribution in [3.8, 4) is 0 Å². The minimum atomic E-state index is -4.81. The number of carboxylic acid groups (broad SMARTS) is 1. The number of hydrogen-bond acceptors (Lipinski definition) is 3. The lowest BCUT2D eigenvalue weighted by Gasteiger charge is -2.36. The van der Waals surface area contributed by atoms with Gasteiger partial charge in [-0.15, -0.1) is 0 Å². The van der Waals surface area contributed by atoms with Gasteiger partial charge >= 0.3 is 12.1 Å². The van der Waals surface area contributed by atoms with Crippen LogP contribution in [0.4, 0.5) is 13.2 Å². The molecule has 0 aromatic heterocycles. The van der Waals surface area contributed by atoms with Gasteiger partial charge in [-0.25, -0.2) is 0 Å². The number of nitrogens with one attached hydrogen (secondary N) is 1. The first-order valence-electron chi connectivity index (χ1n) is 6.02. The quantitative estimate of drug-likeness (QED) is 0.802. The van der Waals surface area contributed by atoms with Gasteiger partial charge in [0.15, 0.2) is 5.92 Å². The second kappa shape index (κ2) is 6.23. The lowest BCUT2D eigenvalue weighted by molar-refractivity contribution is -0.198. The van der Waals surface area contributed by atoms with Crippen molar-refractivity contribution in [2.75, 3.05) is 20.1 Å². The van der Waals surface area contributed by atoms with Gasteiger partial charge in [0.05, 0.1) is 6.04 Å². The summed E-state index contributed by atoms with van der Waals surface area (Å²) in [6, 6.07) is -0.678. The molecule has 1 aliphatic rings. The minimum absolute atomic E-state index is 0.304. The van der Waals surface area contributed by atoms with E-state index in [-0.39, 0.29) is 5.91 Å². The van der Waals surface area contributed by atoms with E-state index >= 15 is 0 Å². The molecule has 1 amide bonds.